The molecule has 0 heterocycles. The first-order valence-corrected chi connectivity index (χ1v) is 4.42. The lowest BCUT2D eigenvalue weighted by molar-refractivity contribution is 0.0318. The lowest BCUT2D eigenvalue weighted by Crippen LogP contribution is -2.34. The molecule has 0 aromatic heterocycles. The van der Waals surface area contributed by atoms with Crippen LogP contribution in [0.4, 0.5) is 4.79 Å². The molecule has 0 N–H and O–H groups in total. The van der Waals surface area contributed by atoms with E-state index >= 15 is 0 Å². The lowest BCUT2D eigenvalue weighted by atomic mass is 10.2. The third kappa shape index (κ3) is 6.20. The maximum absolute atomic E-state index is 11.3. The van der Waals surface area contributed by atoms with Crippen molar-refractivity contribution in [2.75, 3.05) is 13.6 Å². The van der Waals surface area contributed by atoms with Gasteiger partial charge in [0, 0.05) is 13.6 Å². The minimum Gasteiger partial charge on any atom is -0.444 e. The molecule has 13 heavy (non-hydrogen) atoms. The van der Waals surface area contributed by atoms with Crippen molar-refractivity contribution in [3.63, 3.8) is 0 Å². The number of ether oxygens (including phenoxy) is 1. The number of nitrogens with zero attached hydrogens (tertiary/aromatic N) is 1. The minimum absolute atomic E-state index is 0.286. The van der Waals surface area contributed by atoms with Crippen molar-refractivity contribution in [1.82, 2.24) is 4.90 Å². The number of hydrogen-bond acceptors (Lipinski definition) is 2. The summed E-state index contributed by atoms with van der Waals surface area (Å²) in [6, 6.07) is 0. The van der Waals surface area contributed by atoms with E-state index in [1.807, 2.05) is 39.8 Å². The fourth-order valence-corrected chi connectivity index (χ4v) is 0.678. The second-order valence-corrected chi connectivity index (χ2v) is 3.93. The smallest absolute Gasteiger partial charge is 0.410 e. The largest absolute Gasteiger partial charge is 0.444 e. The first-order chi connectivity index (χ1) is 5.87. The molecule has 0 spiro atoms. The molecule has 1 amide bonds. The molecule has 0 aliphatic heterocycles. The molecule has 76 valence electrons. The van der Waals surface area contributed by atoms with Gasteiger partial charge in [-0.3, -0.25) is 0 Å². The number of allylic oxidation sites excluding steroid dienone is 1. The van der Waals surface area contributed by atoms with E-state index in [1.54, 1.807) is 7.05 Å². The van der Waals surface area contributed by atoms with Crippen LogP contribution in [0.1, 0.15) is 27.7 Å². The van der Waals surface area contributed by atoms with Gasteiger partial charge in [0.1, 0.15) is 5.60 Å². The van der Waals surface area contributed by atoms with Gasteiger partial charge >= 0.3 is 6.09 Å². The van der Waals surface area contributed by atoms with Crippen molar-refractivity contribution in [2.45, 2.75) is 33.3 Å². The summed E-state index contributed by atoms with van der Waals surface area (Å²) < 4.78 is 5.15. The summed E-state index contributed by atoms with van der Waals surface area (Å²) in [5.74, 6) is 0. The summed E-state index contributed by atoms with van der Waals surface area (Å²) in [4.78, 5) is 12.9. The lowest BCUT2D eigenvalue weighted by Gasteiger charge is -2.23. The van der Waals surface area contributed by atoms with Crippen molar-refractivity contribution in [1.29, 1.82) is 0 Å². The molecular weight excluding hydrogens is 166 g/mol. The molecule has 0 aliphatic rings. The van der Waals surface area contributed by atoms with Gasteiger partial charge in [0.25, 0.3) is 0 Å². The standard InChI is InChI=1S/C10H19NO2/c1-6-7-8-11(5)9(12)13-10(2,3)4/h6-7H,8H2,1-5H3/b7-6-. The van der Waals surface area contributed by atoms with Gasteiger partial charge in [0.15, 0.2) is 0 Å². The number of amides is 1. The summed E-state index contributed by atoms with van der Waals surface area (Å²) in [6.45, 7) is 8.07. The fraction of sp³-hybridized carbons (Fsp3) is 0.700. The highest BCUT2D eigenvalue weighted by Gasteiger charge is 2.18. The van der Waals surface area contributed by atoms with Crippen LogP contribution >= 0.6 is 0 Å². The average molecular weight is 185 g/mol. The third-order valence-corrected chi connectivity index (χ3v) is 1.32. The van der Waals surface area contributed by atoms with E-state index in [0.717, 1.165) is 0 Å². The predicted octanol–water partition coefficient (Wildman–Crippen LogP) is 2.43. The van der Waals surface area contributed by atoms with Crippen molar-refractivity contribution < 1.29 is 9.53 Å². The predicted molar refractivity (Wildman–Crippen MR) is 53.7 cm³/mol. The normalized spacial score (nSPS) is 11.8. The van der Waals surface area contributed by atoms with Crippen LogP contribution in [-0.2, 0) is 4.74 Å². The maximum Gasteiger partial charge on any atom is 0.410 e. The molecule has 0 saturated carbocycles. The first-order valence-electron chi connectivity index (χ1n) is 4.42. The van der Waals surface area contributed by atoms with Crippen LogP contribution in [-0.4, -0.2) is 30.2 Å². The molecule has 0 rings (SSSR count). The second-order valence-electron chi connectivity index (χ2n) is 3.93. The van der Waals surface area contributed by atoms with Gasteiger partial charge in [-0.2, -0.15) is 0 Å². The van der Waals surface area contributed by atoms with Gasteiger partial charge in [-0.1, -0.05) is 12.2 Å². The Morgan fingerprint density at radius 1 is 1.46 bits per heavy atom. The van der Waals surface area contributed by atoms with E-state index in [2.05, 4.69) is 0 Å². The van der Waals surface area contributed by atoms with E-state index in [4.69, 9.17) is 4.74 Å². The van der Waals surface area contributed by atoms with Crippen LogP contribution in [0, 0.1) is 0 Å². The highest BCUT2D eigenvalue weighted by molar-refractivity contribution is 5.67. The maximum atomic E-state index is 11.3. The van der Waals surface area contributed by atoms with E-state index in [9.17, 15) is 4.79 Å². The van der Waals surface area contributed by atoms with Crippen molar-refractivity contribution in [3.8, 4) is 0 Å². The monoisotopic (exact) mass is 185 g/mol. The number of carbonyl (C=O) groups excluding carboxylic acids is 1. The first kappa shape index (κ1) is 12.0. The molecule has 0 unspecified atom stereocenters. The van der Waals surface area contributed by atoms with E-state index in [-0.39, 0.29) is 6.09 Å². The van der Waals surface area contributed by atoms with Crippen LogP contribution in [0.5, 0.6) is 0 Å². The topological polar surface area (TPSA) is 29.5 Å². The molecule has 0 saturated heterocycles. The molecule has 0 bridgehead atoms. The number of carbonyl (C=O) groups is 1. The zero-order chi connectivity index (χ0) is 10.5. The molecule has 0 aromatic carbocycles. The SMILES string of the molecule is C/C=C\CN(C)C(=O)OC(C)(C)C. The van der Waals surface area contributed by atoms with Gasteiger partial charge in [-0.25, -0.2) is 4.79 Å². The van der Waals surface area contributed by atoms with E-state index in [1.165, 1.54) is 4.90 Å². The van der Waals surface area contributed by atoms with Crippen LogP contribution in [0.3, 0.4) is 0 Å². The Hall–Kier alpha value is -0.990. The highest BCUT2D eigenvalue weighted by Crippen LogP contribution is 2.08. The van der Waals surface area contributed by atoms with Gasteiger partial charge in [0.2, 0.25) is 0 Å². The molecule has 0 radical (unpaired) electrons. The molecule has 0 atom stereocenters. The van der Waals surface area contributed by atoms with Gasteiger partial charge in [0.05, 0.1) is 0 Å². The second kappa shape index (κ2) is 4.90. The van der Waals surface area contributed by atoms with Gasteiger partial charge < -0.3 is 9.64 Å². The van der Waals surface area contributed by atoms with Gasteiger partial charge in [-0.05, 0) is 27.7 Å². The Bertz CT molecular complexity index is 192. The summed E-state index contributed by atoms with van der Waals surface area (Å²) in [5, 5.41) is 0. The zero-order valence-corrected chi connectivity index (χ0v) is 9.13. The number of hydrogen-bond donors (Lipinski definition) is 0. The minimum atomic E-state index is -0.415. The molecule has 0 aliphatic carbocycles. The average Bonchev–Trinajstić information content (AvgIpc) is 1.96. The van der Waals surface area contributed by atoms with Crippen molar-refractivity contribution in [3.05, 3.63) is 12.2 Å². The van der Waals surface area contributed by atoms with Crippen LogP contribution in [0.15, 0.2) is 12.2 Å². The Kier molecular flexibility index (Phi) is 4.52. The fourth-order valence-electron chi connectivity index (χ4n) is 0.678. The molecular formula is C10H19NO2. The Morgan fingerprint density at radius 2 is 2.00 bits per heavy atom. The van der Waals surface area contributed by atoms with Crippen molar-refractivity contribution >= 4 is 6.09 Å². The molecule has 0 aromatic rings. The van der Waals surface area contributed by atoms with Crippen LogP contribution < -0.4 is 0 Å². The zero-order valence-electron chi connectivity index (χ0n) is 9.13. The van der Waals surface area contributed by atoms with Crippen LogP contribution in [0.25, 0.3) is 0 Å². The summed E-state index contributed by atoms with van der Waals surface area (Å²) in [6.07, 6.45) is 3.52. The highest BCUT2D eigenvalue weighted by atomic mass is 16.6. The summed E-state index contributed by atoms with van der Waals surface area (Å²) in [5.41, 5.74) is -0.415. The number of rotatable bonds is 2. The quantitative estimate of drug-likeness (QED) is 0.618. The summed E-state index contributed by atoms with van der Waals surface area (Å²) in [7, 11) is 1.72. The van der Waals surface area contributed by atoms with Crippen LogP contribution in [0.2, 0.25) is 0 Å². The van der Waals surface area contributed by atoms with E-state index < -0.39 is 5.60 Å². The van der Waals surface area contributed by atoms with Crippen molar-refractivity contribution in [2.24, 2.45) is 0 Å². The third-order valence-electron chi connectivity index (χ3n) is 1.32. The summed E-state index contributed by atoms with van der Waals surface area (Å²) >= 11 is 0. The Labute approximate surface area is 80.4 Å². The number of likely N-dealkylation sites (N-methyl/N-ethyl adjacent to an activating group) is 1. The van der Waals surface area contributed by atoms with Gasteiger partial charge in [-0.15, -0.1) is 0 Å². The molecule has 0 fully saturated rings. The molecule has 3 heteroatoms. The molecule has 3 nitrogen and oxygen atoms in total. The Balaban J connectivity index is 3.97. The Morgan fingerprint density at radius 3 is 2.38 bits per heavy atom. The van der Waals surface area contributed by atoms with E-state index in [0.29, 0.717) is 6.54 Å².